The molecule has 118 valence electrons. The Hall–Kier alpha value is -1.88. The lowest BCUT2D eigenvalue weighted by molar-refractivity contribution is -0.118. The summed E-state index contributed by atoms with van der Waals surface area (Å²) in [5, 5.41) is 7.16. The zero-order chi connectivity index (χ0) is 16.3. The zero-order valence-corrected chi connectivity index (χ0v) is 14.0. The summed E-state index contributed by atoms with van der Waals surface area (Å²) in [5.74, 6) is -0.145. The predicted molar refractivity (Wildman–Crippen MR) is 86.0 cm³/mol. The van der Waals surface area contributed by atoms with E-state index < -0.39 is 5.38 Å². The molecule has 0 saturated carbocycles. The normalized spacial score (nSPS) is 13.7. The average molecular weight is 322 g/mol. The Morgan fingerprint density at radius 2 is 2.00 bits per heavy atom. The number of para-hydroxylation sites is 1. The number of benzene rings is 1. The highest BCUT2D eigenvalue weighted by Gasteiger charge is 2.31. The molecule has 2 unspecified atom stereocenters. The maximum absolute atomic E-state index is 12.8. The van der Waals surface area contributed by atoms with Gasteiger partial charge in [-0.15, -0.1) is 11.6 Å². The van der Waals surface area contributed by atoms with Gasteiger partial charge in [0.25, 0.3) is 0 Å². The van der Waals surface area contributed by atoms with Gasteiger partial charge in [0.2, 0.25) is 5.91 Å². The summed E-state index contributed by atoms with van der Waals surface area (Å²) in [4.78, 5) is 14.5. The number of halogens is 1. The van der Waals surface area contributed by atoms with Crippen molar-refractivity contribution in [3.63, 3.8) is 0 Å². The van der Waals surface area contributed by atoms with Gasteiger partial charge in [0.1, 0.15) is 16.8 Å². The zero-order valence-electron chi connectivity index (χ0n) is 13.2. The molecule has 5 nitrogen and oxygen atoms in total. The van der Waals surface area contributed by atoms with Gasteiger partial charge in [-0.3, -0.25) is 4.79 Å². The van der Waals surface area contributed by atoms with Crippen LogP contribution in [0.3, 0.4) is 0 Å². The molecule has 0 saturated heterocycles. The van der Waals surface area contributed by atoms with Gasteiger partial charge in [-0.1, -0.05) is 35.4 Å². The Morgan fingerprint density at radius 3 is 2.55 bits per heavy atom. The van der Waals surface area contributed by atoms with Crippen LogP contribution in [-0.4, -0.2) is 21.6 Å². The molecule has 0 aliphatic carbocycles. The fourth-order valence-electron chi connectivity index (χ4n) is 2.42. The van der Waals surface area contributed by atoms with Gasteiger partial charge in [0.05, 0.1) is 6.04 Å². The van der Waals surface area contributed by atoms with Crippen LogP contribution < -0.4 is 4.90 Å². The maximum Gasteiger partial charge on any atom is 0.245 e. The van der Waals surface area contributed by atoms with Gasteiger partial charge in [-0.05, 0) is 38.8 Å². The molecule has 1 heterocycles. The van der Waals surface area contributed by atoms with Crippen molar-refractivity contribution >= 4 is 23.2 Å². The Kier molecular flexibility index (Phi) is 5.19. The minimum absolute atomic E-state index is 0.145. The van der Waals surface area contributed by atoms with Crippen LogP contribution in [-0.2, 0) is 4.79 Å². The first kappa shape index (κ1) is 16.5. The molecule has 0 N–H and O–H groups in total. The van der Waals surface area contributed by atoms with Gasteiger partial charge in [0.15, 0.2) is 0 Å². The van der Waals surface area contributed by atoms with E-state index in [1.54, 1.807) is 11.8 Å². The molecular formula is C16H20ClN3O2. The molecule has 22 heavy (non-hydrogen) atoms. The van der Waals surface area contributed by atoms with Crippen molar-refractivity contribution in [1.29, 1.82) is 0 Å². The molecule has 1 aromatic carbocycles. The van der Waals surface area contributed by atoms with Crippen LogP contribution in [0.5, 0.6) is 0 Å². The third kappa shape index (κ3) is 3.14. The van der Waals surface area contributed by atoms with E-state index in [-0.39, 0.29) is 11.9 Å². The molecular weight excluding hydrogens is 302 g/mol. The number of carbonyl (C=O) groups is 1. The molecule has 1 amide bonds. The topological polar surface area (TPSA) is 59.2 Å². The highest BCUT2D eigenvalue weighted by atomic mass is 35.5. The molecule has 2 aromatic rings. The predicted octanol–water partition coefficient (Wildman–Crippen LogP) is 3.80. The van der Waals surface area contributed by atoms with Crippen molar-refractivity contribution in [2.75, 3.05) is 4.90 Å². The first-order chi connectivity index (χ1) is 10.5. The highest BCUT2D eigenvalue weighted by Crippen LogP contribution is 2.31. The number of rotatable bonds is 5. The first-order valence-electron chi connectivity index (χ1n) is 7.29. The summed E-state index contributed by atoms with van der Waals surface area (Å²) in [6, 6.07) is 7.40. The van der Waals surface area contributed by atoms with Crippen molar-refractivity contribution in [3.05, 3.63) is 41.2 Å². The van der Waals surface area contributed by atoms with E-state index in [2.05, 4.69) is 10.3 Å². The van der Waals surface area contributed by atoms with Crippen LogP contribution in [0, 0.1) is 13.8 Å². The van der Waals surface area contributed by atoms with Crippen molar-refractivity contribution < 1.29 is 9.42 Å². The molecule has 2 rings (SSSR count). The average Bonchev–Trinajstić information content (AvgIpc) is 2.94. The monoisotopic (exact) mass is 321 g/mol. The fraction of sp³-hybridized carbons (Fsp3) is 0.438. The van der Waals surface area contributed by atoms with Crippen LogP contribution >= 0.6 is 11.6 Å². The quantitative estimate of drug-likeness (QED) is 0.786. The number of aryl methyl sites for hydroxylation is 2. The Balaban J connectivity index is 2.49. The molecule has 2 atom stereocenters. The second-order valence-corrected chi connectivity index (χ2v) is 5.81. The second-order valence-electron chi connectivity index (χ2n) is 5.28. The van der Waals surface area contributed by atoms with E-state index in [1.807, 2.05) is 45.0 Å². The standard InChI is InChI=1S/C16H20ClN3O2/c1-5-13(17)16(21)20(14-9-7-6-8-10(14)2)12(4)15-11(3)18-22-19-15/h6-9,12-13H,5H2,1-4H3. The molecule has 0 spiro atoms. The summed E-state index contributed by atoms with van der Waals surface area (Å²) in [6.07, 6.45) is 0.561. The van der Waals surface area contributed by atoms with E-state index in [4.69, 9.17) is 16.2 Å². The molecule has 0 aliphatic heterocycles. The maximum atomic E-state index is 12.8. The molecule has 0 radical (unpaired) electrons. The van der Waals surface area contributed by atoms with E-state index in [1.165, 1.54) is 0 Å². The number of nitrogens with zero attached hydrogens (tertiary/aromatic N) is 3. The van der Waals surface area contributed by atoms with Crippen LogP contribution in [0.1, 0.15) is 43.3 Å². The lowest BCUT2D eigenvalue weighted by Crippen LogP contribution is -2.39. The Morgan fingerprint density at radius 1 is 1.32 bits per heavy atom. The van der Waals surface area contributed by atoms with Crippen molar-refractivity contribution in [3.8, 4) is 0 Å². The smallest absolute Gasteiger partial charge is 0.245 e. The summed E-state index contributed by atoms with van der Waals surface area (Å²) >= 11 is 6.21. The van der Waals surface area contributed by atoms with Crippen LogP contribution in [0.15, 0.2) is 28.9 Å². The van der Waals surface area contributed by atoms with Crippen LogP contribution in [0.25, 0.3) is 0 Å². The van der Waals surface area contributed by atoms with Crippen LogP contribution in [0.2, 0.25) is 0 Å². The number of amides is 1. The summed E-state index contributed by atoms with van der Waals surface area (Å²) in [6.45, 7) is 7.56. The third-order valence-electron chi connectivity index (χ3n) is 3.71. The number of alkyl halides is 1. The van der Waals surface area contributed by atoms with Gasteiger partial charge in [-0.25, -0.2) is 4.63 Å². The second kappa shape index (κ2) is 6.92. The lowest BCUT2D eigenvalue weighted by atomic mass is 10.1. The summed E-state index contributed by atoms with van der Waals surface area (Å²) in [5.41, 5.74) is 3.12. The van der Waals surface area contributed by atoms with E-state index >= 15 is 0 Å². The Labute approximate surface area is 135 Å². The summed E-state index contributed by atoms with van der Waals surface area (Å²) in [7, 11) is 0. The molecule has 0 aliphatic rings. The van der Waals surface area contributed by atoms with Gasteiger partial charge in [0, 0.05) is 5.69 Å². The fourth-order valence-corrected chi connectivity index (χ4v) is 2.52. The molecule has 1 aromatic heterocycles. The highest BCUT2D eigenvalue weighted by molar-refractivity contribution is 6.32. The van der Waals surface area contributed by atoms with Crippen molar-refractivity contribution in [1.82, 2.24) is 10.3 Å². The number of hydrogen-bond acceptors (Lipinski definition) is 4. The van der Waals surface area contributed by atoms with E-state index in [9.17, 15) is 4.79 Å². The number of carbonyl (C=O) groups excluding carboxylic acids is 1. The SMILES string of the molecule is CCC(Cl)C(=O)N(c1ccccc1C)C(C)c1nonc1C. The molecule has 6 heteroatoms. The minimum Gasteiger partial charge on any atom is -0.302 e. The first-order valence-corrected chi connectivity index (χ1v) is 7.72. The van der Waals surface area contributed by atoms with Gasteiger partial charge in [-0.2, -0.15) is 0 Å². The minimum atomic E-state index is -0.581. The van der Waals surface area contributed by atoms with Crippen LogP contribution in [0.4, 0.5) is 5.69 Å². The largest absolute Gasteiger partial charge is 0.302 e. The number of anilines is 1. The van der Waals surface area contributed by atoms with Crippen molar-refractivity contribution in [2.24, 2.45) is 0 Å². The lowest BCUT2D eigenvalue weighted by Gasteiger charge is -2.31. The molecule has 0 fully saturated rings. The van der Waals surface area contributed by atoms with Gasteiger partial charge >= 0.3 is 0 Å². The third-order valence-corrected chi connectivity index (χ3v) is 4.20. The number of hydrogen-bond donors (Lipinski definition) is 0. The van der Waals surface area contributed by atoms with E-state index in [0.29, 0.717) is 17.8 Å². The van der Waals surface area contributed by atoms with Crippen molar-refractivity contribution in [2.45, 2.75) is 45.5 Å². The summed E-state index contributed by atoms with van der Waals surface area (Å²) < 4.78 is 4.78. The number of aromatic nitrogens is 2. The van der Waals surface area contributed by atoms with Gasteiger partial charge < -0.3 is 4.90 Å². The molecule has 0 bridgehead atoms. The van der Waals surface area contributed by atoms with E-state index in [0.717, 1.165) is 11.3 Å². The Bertz CT molecular complexity index is 656.